The van der Waals surface area contributed by atoms with Crippen molar-refractivity contribution >= 4 is 86.0 Å². The average molecular weight is 784 g/mol. The van der Waals surface area contributed by atoms with Crippen LogP contribution >= 0.6 is 46.4 Å². The summed E-state index contributed by atoms with van der Waals surface area (Å²) in [7, 11) is 0. The number of aromatic nitrogens is 2. The van der Waals surface area contributed by atoms with E-state index in [-0.39, 0.29) is 27.2 Å². The van der Waals surface area contributed by atoms with Gasteiger partial charge in [0.05, 0.1) is 38.6 Å². The number of H-pyrrole nitrogens is 1. The second kappa shape index (κ2) is 19.9. The second-order valence-electron chi connectivity index (χ2n) is 12.7. The van der Waals surface area contributed by atoms with Crippen molar-refractivity contribution in [1.29, 1.82) is 0 Å². The monoisotopic (exact) mass is 781 g/mol. The van der Waals surface area contributed by atoms with E-state index in [1.807, 2.05) is 36.4 Å². The maximum absolute atomic E-state index is 13.9. The Balaban J connectivity index is 1.28. The number of nitrogens with zero attached hydrogens (tertiary/aromatic N) is 3. The van der Waals surface area contributed by atoms with Gasteiger partial charge in [-0.3, -0.25) is 9.89 Å². The molecule has 0 aliphatic carbocycles. The molecule has 0 atom stereocenters. The minimum absolute atomic E-state index is 0.0777. The Hall–Kier alpha value is -3.82. The molecule has 5 rings (SSSR count). The largest absolute Gasteiger partial charge is 0.462 e. The topological polar surface area (TPSA) is 101 Å². The van der Waals surface area contributed by atoms with E-state index in [4.69, 9.17) is 51.1 Å². The van der Waals surface area contributed by atoms with E-state index in [1.54, 1.807) is 24.3 Å². The fraction of sp³-hybridized carbons (Fsp3) is 0.350. The van der Waals surface area contributed by atoms with Crippen molar-refractivity contribution in [2.75, 3.05) is 11.9 Å². The van der Waals surface area contributed by atoms with E-state index in [0.717, 1.165) is 34.7 Å². The van der Waals surface area contributed by atoms with E-state index in [2.05, 4.69) is 27.6 Å². The number of fused-ring (bicyclic) bond motifs is 1. The number of rotatable bonds is 19. The van der Waals surface area contributed by atoms with Crippen molar-refractivity contribution in [2.45, 2.75) is 84.0 Å². The molecule has 0 aliphatic heterocycles. The minimum Gasteiger partial charge on any atom is -0.462 e. The van der Waals surface area contributed by atoms with Gasteiger partial charge in [0.15, 0.2) is 11.5 Å². The number of azo groups is 1. The van der Waals surface area contributed by atoms with Crippen molar-refractivity contribution in [3.63, 3.8) is 0 Å². The summed E-state index contributed by atoms with van der Waals surface area (Å²) in [6.07, 6.45) is 14.7. The molecule has 2 N–H and O–H groups in total. The van der Waals surface area contributed by atoms with Gasteiger partial charge in [0.2, 0.25) is 0 Å². The van der Waals surface area contributed by atoms with Gasteiger partial charge in [0.25, 0.3) is 0 Å². The third-order valence-corrected chi connectivity index (χ3v) is 9.91. The van der Waals surface area contributed by atoms with Gasteiger partial charge in [-0.1, -0.05) is 160 Å². The van der Waals surface area contributed by atoms with E-state index in [9.17, 15) is 9.59 Å². The SMILES string of the molecule is CCCCCCCCCCCCCCOC(=O)c1ccc(Cl)c(Nc2[nH]n(-c3c(Cl)cc(Cl)cc3Cl)c(=O)c2/N=N/c2cccc3ccccc23)c1. The number of hydrogen-bond donors (Lipinski definition) is 2. The van der Waals surface area contributed by atoms with Crippen LogP contribution in [0.3, 0.4) is 0 Å². The van der Waals surface area contributed by atoms with E-state index >= 15 is 0 Å². The van der Waals surface area contributed by atoms with Crippen LogP contribution < -0.4 is 10.9 Å². The van der Waals surface area contributed by atoms with Gasteiger partial charge >= 0.3 is 11.5 Å². The maximum atomic E-state index is 13.9. The van der Waals surface area contributed by atoms with Crippen LogP contribution in [0.1, 0.15) is 94.3 Å². The number of halogens is 4. The number of ether oxygens (including phenoxy) is 1. The van der Waals surface area contributed by atoms with E-state index in [0.29, 0.717) is 33.6 Å². The Labute approximate surface area is 324 Å². The molecule has 0 amide bonds. The lowest BCUT2D eigenvalue weighted by atomic mass is 10.1. The van der Waals surface area contributed by atoms with Crippen molar-refractivity contribution in [3.05, 3.63) is 109 Å². The number of carbonyl (C=O) groups excluding carboxylic acids is 1. The Morgan fingerprint density at radius 2 is 1.38 bits per heavy atom. The molecular formula is C40H43Cl4N5O3. The van der Waals surface area contributed by atoms with Crippen molar-refractivity contribution in [2.24, 2.45) is 10.2 Å². The smallest absolute Gasteiger partial charge is 0.338 e. The highest BCUT2D eigenvalue weighted by molar-refractivity contribution is 6.40. The number of unbranched alkanes of at least 4 members (excludes halogenated alkanes) is 11. The van der Waals surface area contributed by atoms with Crippen molar-refractivity contribution in [3.8, 4) is 5.69 Å². The third-order valence-electron chi connectivity index (χ3n) is 8.79. The zero-order chi connectivity index (χ0) is 36.9. The molecule has 8 nitrogen and oxygen atoms in total. The molecule has 5 aromatic rings. The molecule has 0 bridgehead atoms. The normalized spacial score (nSPS) is 11.5. The first-order valence-electron chi connectivity index (χ1n) is 17.9. The number of carbonyl (C=O) groups is 1. The van der Waals surface area contributed by atoms with Gasteiger partial charge in [-0.25, -0.2) is 9.48 Å². The molecule has 1 aromatic heterocycles. The molecule has 274 valence electrons. The average Bonchev–Trinajstić information content (AvgIpc) is 3.42. The summed E-state index contributed by atoms with van der Waals surface area (Å²) in [5.41, 5.74) is 0.709. The molecule has 0 fully saturated rings. The number of esters is 1. The van der Waals surface area contributed by atoms with E-state index in [1.165, 1.54) is 69.9 Å². The standard InChI is InChI=1S/C40H43Cl4N5O3/c1-2-3-4-5-6-7-8-9-10-11-12-15-23-52-40(51)28-21-22-31(42)35(24-28)45-38-36(47-46-34-20-16-18-27-17-13-14-19-30(27)34)39(50)49(48-38)37-32(43)25-29(41)26-33(37)44/h13-14,16-22,24-26,45,48H,2-12,15,23H2,1H3/b47-46+. The predicted molar refractivity (Wildman–Crippen MR) is 216 cm³/mol. The Kier molecular flexibility index (Phi) is 15.0. The number of nitrogens with one attached hydrogen (secondary N) is 2. The number of hydrogen-bond acceptors (Lipinski definition) is 6. The lowest BCUT2D eigenvalue weighted by molar-refractivity contribution is 0.0497. The fourth-order valence-corrected chi connectivity index (χ4v) is 7.14. The molecule has 1 heterocycles. The van der Waals surface area contributed by atoms with Gasteiger partial charge in [-0.2, -0.15) is 0 Å². The highest BCUT2D eigenvalue weighted by Crippen LogP contribution is 2.36. The second-order valence-corrected chi connectivity index (χ2v) is 14.4. The zero-order valence-electron chi connectivity index (χ0n) is 29.2. The Bertz CT molecular complexity index is 2030. The molecule has 4 aromatic carbocycles. The summed E-state index contributed by atoms with van der Waals surface area (Å²) >= 11 is 25.7. The van der Waals surface area contributed by atoms with Crippen LogP contribution in [0, 0.1) is 0 Å². The third kappa shape index (κ3) is 10.6. The summed E-state index contributed by atoms with van der Waals surface area (Å²) < 4.78 is 6.74. The maximum Gasteiger partial charge on any atom is 0.338 e. The molecule has 0 aliphatic rings. The zero-order valence-corrected chi connectivity index (χ0v) is 32.2. The van der Waals surface area contributed by atoms with Crippen molar-refractivity contribution in [1.82, 2.24) is 9.78 Å². The highest BCUT2D eigenvalue weighted by Gasteiger charge is 2.21. The van der Waals surface area contributed by atoms with Gasteiger partial charge in [-0.05, 0) is 48.2 Å². The quantitative estimate of drug-likeness (QED) is 0.0495. The van der Waals surface area contributed by atoms with E-state index < -0.39 is 11.5 Å². The van der Waals surface area contributed by atoms with Crippen LogP contribution in [0.25, 0.3) is 16.5 Å². The van der Waals surface area contributed by atoms with Crippen LogP contribution in [0.4, 0.5) is 22.9 Å². The molecule has 0 unspecified atom stereocenters. The van der Waals surface area contributed by atoms with Crippen molar-refractivity contribution < 1.29 is 9.53 Å². The lowest BCUT2D eigenvalue weighted by Gasteiger charge is -2.11. The van der Waals surface area contributed by atoms with Crippen LogP contribution in [0.15, 0.2) is 87.8 Å². The van der Waals surface area contributed by atoms with Crippen LogP contribution in [0.2, 0.25) is 20.1 Å². The molecule has 12 heteroatoms. The molecule has 0 saturated carbocycles. The summed E-state index contributed by atoms with van der Waals surface area (Å²) in [5.74, 6) is -0.329. The van der Waals surface area contributed by atoms with Gasteiger partial charge in [0, 0.05) is 10.4 Å². The fourth-order valence-electron chi connectivity index (χ4n) is 5.99. The number of aromatic amines is 1. The first-order chi connectivity index (χ1) is 25.3. The van der Waals surface area contributed by atoms with Crippen LogP contribution in [0.5, 0.6) is 0 Å². The highest BCUT2D eigenvalue weighted by atomic mass is 35.5. The Morgan fingerprint density at radius 3 is 2.08 bits per heavy atom. The minimum atomic E-state index is -0.591. The lowest BCUT2D eigenvalue weighted by Crippen LogP contribution is -2.15. The summed E-state index contributed by atoms with van der Waals surface area (Å²) in [5, 5.41) is 17.7. The molecule has 0 spiro atoms. The van der Waals surface area contributed by atoms with Gasteiger partial charge in [-0.15, -0.1) is 10.2 Å². The molecule has 0 radical (unpaired) electrons. The Morgan fingerprint density at radius 1 is 0.750 bits per heavy atom. The van der Waals surface area contributed by atoms with Crippen LogP contribution in [-0.2, 0) is 4.74 Å². The summed E-state index contributed by atoms with van der Waals surface area (Å²) in [6.45, 7) is 2.58. The first kappa shape index (κ1) is 39.4. The first-order valence-corrected chi connectivity index (χ1v) is 19.4. The molecule has 0 saturated heterocycles. The molecule has 52 heavy (non-hydrogen) atoms. The number of benzene rings is 4. The molecular weight excluding hydrogens is 740 g/mol. The summed E-state index contributed by atoms with van der Waals surface area (Å²) in [4.78, 5) is 26.9. The predicted octanol–water partition coefficient (Wildman–Crippen LogP) is 13.9. The summed E-state index contributed by atoms with van der Waals surface area (Å²) in [6, 6.07) is 21.1. The van der Waals surface area contributed by atoms with Gasteiger partial charge < -0.3 is 10.1 Å². The number of anilines is 2. The van der Waals surface area contributed by atoms with Gasteiger partial charge in [0.1, 0.15) is 5.69 Å². The van der Waals surface area contributed by atoms with Crippen LogP contribution in [-0.4, -0.2) is 22.4 Å².